The molecule has 78 valence electrons. The highest BCUT2D eigenvalue weighted by atomic mass is 32.2. The molecule has 0 aliphatic carbocycles. The summed E-state index contributed by atoms with van der Waals surface area (Å²) in [7, 11) is 0. The summed E-state index contributed by atoms with van der Waals surface area (Å²) in [5.41, 5.74) is 0. The van der Waals surface area contributed by atoms with Gasteiger partial charge in [-0.25, -0.2) is 0 Å². The maximum Gasteiger partial charge on any atom is 0.233 e. The van der Waals surface area contributed by atoms with Crippen molar-refractivity contribution in [2.24, 2.45) is 0 Å². The first kappa shape index (κ1) is 11.5. The number of rotatable bonds is 5. The van der Waals surface area contributed by atoms with Gasteiger partial charge < -0.3 is 5.32 Å². The summed E-state index contributed by atoms with van der Waals surface area (Å²) in [6.45, 7) is 0.775. The fraction of sp³-hybridized carbons (Fsp3) is 0.727. The van der Waals surface area contributed by atoms with Crippen LogP contribution in [0.15, 0.2) is 0 Å². The highest BCUT2D eigenvalue weighted by Gasteiger charge is 2.22. The van der Waals surface area contributed by atoms with E-state index in [4.69, 9.17) is 6.42 Å². The molecule has 0 bridgehead atoms. The molecule has 0 aromatic rings. The fourth-order valence-corrected chi connectivity index (χ4v) is 2.65. The van der Waals surface area contributed by atoms with E-state index in [1.165, 1.54) is 6.42 Å². The molecule has 1 amide bonds. The van der Waals surface area contributed by atoms with E-state index in [2.05, 4.69) is 11.2 Å². The van der Waals surface area contributed by atoms with Crippen molar-refractivity contribution < 1.29 is 4.79 Å². The molecule has 1 rings (SSSR count). The van der Waals surface area contributed by atoms with Crippen LogP contribution in [-0.2, 0) is 4.79 Å². The Bertz CT molecular complexity index is 216. The van der Waals surface area contributed by atoms with Crippen molar-refractivity contribution in [3.05, 3.63) is 0 Å². The lowest BCUT2D eigenvalue weighted by Gasteiger charge is -2.08. The van der Waals surface area contributed by atoms with E-state index in [0.29, 0.717) is 0 Å². The van der Waals surface area contributed by atoms with Crippen LogP contribution >= 0.6 is 11.8 Å². The lowest BCUT2D eigenvalue weighted by Crippen LogP contribution is -2.31. The molecule has 1 heterocycles. The van der Waals surface area contributed by atoms with Crippen LogP contribution in [0.1, 0.15) is 32.1 Å². The van der Waals surface area contributed by atoms with Crippen LogP contribution in [0.3, 0.4) is 0 Å². The van der Waals surface area contributed by atoms with Gasteiger partial charge in [-0.05, 0) is 31.4 Å². The van der Waals surface area contributed by atoms with Crippen molar-refractivity contribution in [1.82, 2.24) is 5.32 Å². The zero-order valence-corrected chi connectivity index (χ0v) is 9.24. The summed E-state index contributed by atoms with van der Waals surface area (Å²) in [6.07, 6.45) is 10.2. The number of carbonyl (C=O) groups excluding carboxylic acids is 1. The van der Waals surface area contributed by atoms with E-state index in [1.807, 2.05) is 0 Å². The first-order valence-corrected chi connectivity index (χ1v) is 6.22. The van der Waals surface area contributed by atoms with Crippen LogP contribution < -0.4 is 5.32 Å². The van der Waals surface area contributed by atoms with Gasteiger partial charge in [0.1, 0.15) is 0 Å². The Morgan fingerprint density at radius 1 is 1.57 bits per heavy atom. The van der Waals surface area contributed by atoms with Crippen LogP contribution in [0.2, 0.25) is 0 Å². The van der Waals surface area contributed by atoms with Crippen molar-refractivity contribution in [2.75, 3.05) is 12.3 Å². The van der Waals surface area contributed by atoms with E-state index in [0.717, 1.165) is 38.0 Å². The van der Waals surface area contributed by atoms with Gasteiger partial charge in [0.15, 0.2) is 0 Å². The average molecular weight is 211 g/mol. The first-order chi connectivity index (χ1) is 6.84. The van der Waals surface area contributed by atoms with Gasteiger partial charge in [0.05, 0.1) is 5.25 Å². The second kappa shape index (κ2) is 6.78. The molecule has 1 aliphatic heterocycles. The molecule has 1 atom stereocenters. The number of nitrogens with one attached hydrogen (secondary N) is 1. The van der Waals surface area contributed by atoms with Crippen LogP contribution in [0.4, 0.5) is 0 Å². The third-order valence-corrected chi connectivity index (χ3v) is 3.65. The molecule has 1 aliphatic rings. The lowest BCUT2D eigenvalue weighted by atomic mass is 10.2. The summed E-state index contributed by atoms with van der Waals surface area (Å²) in [5, 5.41) is 3.17. The molecule has 1 saturated heterocycles. The van der Waals surface area contributed by atoms with Gasteiger partial charge >= 0.3 is 0 Å². The van der Waals surface area contributed by atoms with Gasteiger partial charge in [-0.1, -0.05) is 0 Å². The Labute approximate surface area is 90.2 Å². The number of amides is 1. The van der Waals surface area contributed by atoms with Gasteiger partial charge in [0, 0.05) is 13.0 Å². The number of hydrogen-bond acceptors (Lipinski definition) is 2. The summed E-state index contributed by atoms with van der Waals surface area (Å²) in [6, 6.07) is 0. The van der Waals surface area contributed by atoms with E-state index in [1.54, 1.807) is 11.8 Å². The lowest BCUT2D eigenvalue weighted by molar-refractivity contribution is -0.120. The average Bonchev–Trinajstić information content (AvgIpc) is 2.70. The molecular weight excluding hydrogens is 194 g/mol. The Balaban J connectivity index is 2.00. The molecule has 2 nitrogen and oxygen atoms in total. The molecule has 0 spiro atoms. The van der Waals surface area contributed by atoms with Gasteiger partial charge in [-0.2, -0.15) is 0 Å². The minimum absolute atomic E-state index is 0.211. The predicted molar refractivity (Wildman–Crippen MR) is 61.2 cm³/mol. The SMILES string of the molecule is C#CCCCCNC(=O)C1CCCS1. The molecule has 0 saturated carbocycles. The van der Waals surface area contributed by atoms with Crippen LogP contribution in [0, 0.1) is 12.3 Å². The van der Waals surface area contributed by atoms with Gasteiger partial charge in [-0.3, -0.25) is 4.79 Å². The Hall–Kier alpha value is -0.620. The molecule has 1 N–H and O–H groups in total. The largest absolute Gasteiger partial charge is 0.355 e. The standard InChI is InChI=1S/C11H17NOS/c1-2-3-4-5-8-12-11(13)10-7-6-9-14-10/h1,10H,3-9H2,(H,12,13). The van der Waals surface area contributed by atoms with Crippen molar-refractivity contribution in [3.63, 3.8) is 0 Å². The van der Waals surface area contributed by atoms with Crippen molar-refractivity contribution in [2.45, 2.75) is 37.4 Å². The van der Waals surface area contributed by atoms with Crippen LogP contribution in [0.5, 0.6) is 0 Å². The Morgan fingerprint density at radius 2 is 2.43 bits per heavy atom. The molecule has 1 unspecified atom stereocenters. The second-order valence-electron chi connectivity index (χ2n) is 3.45. The second-order valence-corrected chi connectivity index (χ2v) is 4.76. The number of hydrogen-bond donors (Lipinski definition) is 1. The third-order valence-electron chi connectivity index (χ3n) is 2.27. The number of carbonyl (C=O) groups is 1. The van der Waals surface area contributed by atoms with Gasteiger partial charge in [-0.15, -0.1) is 24.1 Å². The maximum absolute atomic E-state index is 11.5. The van der Waals surface area contributed by atoms with Gasteiger partial charge in [0.25, 0.3) is 0 Å². The fourth-order valence-electron chi connectivity index (χ4n) is 1.46. The summed E-state index contributed by atoms with van der Waals surface area (Å²) < 4.78 is 0. The maximum atomic E-state index is 11.5. The van der Waals surface area contributed by atoms with Gasteiger partial charge in [0.2, 0.25) is 5.91 Å². The Kier molecular flexibility index (Phi) is 5.55. The topological polar surface area (TPSA) is 29.1 Å². The van der Waals surface area contributed by atoms with E-state index >= 15 is 0 Å². The third kappa shape index (κ3) is 4.06. The zero-order valence-electron chi connectivity index (χ0n) is 8.42. The van der Waals surface area contributed by atoms with Crippen LogP contribution in [-0.4, -0.2) is 23.5 Å². The summed E-state index contributed by atoms with van der Waals surface area (Å²) in [4.78, 5) is 11.5. The Morgan fingerprint density at radius 3 is 3.07 bits per heavy atom. The number of thioether (sulfide) groups is 1. The molecule has 1 fully saturated rings. The van der Waals surface area contributed by atoms with Crippen molar-refractivity contribution in [1.29, 1.82) is 0 Å². The van der Waals surface area contributed by atoms with Crippen molar-refractivity contribution in [3.8, 4) is 12.3 Å². The molecular formula is C11H17NOS. The summed E-state index contributed by atoms with van der Waals surface area (Å²) >= 11 is 1.77. The molecule has 0 aromatic heterocycles. The smallest absolute Gasteiger partial charge is 0.233 e. The molecule has 0 radical (unpaired) electrons. The van der Waals surface area contributed by atoms with E-state index in [-0.39, 0.29) is 11.2 Å². The summed E-state index contributed by atoms with van der Waals surface area (Å²) in [5.74, 6) is 3.94. The normalized spacial score (nSPS) is 20.4. The molecule has 0 aromatic carbocycles. The minimum Gasteiger partial charge on any atom is -0.355 e. The molecule has 3 heteroatoms. The highest BCUT2D eigenvalue weighted by Crippen LogP contribution is 2.25. The van der Waals surface area contributed by atoms with E-state index < -0.39 is 0 Å². The van der Waals surface area contributed by atoms with E-state index in [9.17, 15) is 4.79 Å². The zero-order chi connectivity index (χ0) is 10.2. The predicted octanol–water partition coefficient (Wildman–Crippen LogP) is 1.80. The minimum atomic E-state index is 0.211. The highest BCUT2D eigenvalue weighted by molar-refractivity contribution is 8.00. The van der Waals surface area contributed by atoms with Crippen LogP contribution in [0.25, 0.3) is 0 Å². The first-order valence-electron chi connectivity index (χ1n) is 5.17. The number of terminal acetylenes is 1. The monoisotopic (exact) mass is 211 g/mol. The quantitative estimate of drug-likeness (QED) is 0.555. The number of unbranched alkanes of at least 4 members (excludes halogenated alkanes) is 2. The van der Waals surface area contributed by atoms with Crippen molar-refractivity contribution >= 4 is 17.7 Å². The molecule has 14 heavy (non-hydrogen) atoms.